The zero-order valence-corrected chi connectivity index (χ0v) is 19.1. The molecule has 2 aliphatic rings. The normalized spacial score (nSPS) is 16.5. The van der Waals surface area contributed by atoms with Crippen LogP contribution in [0.15, 0.2) is 24.3 Å². The van der Waals surface area contributed by atoms with Crippen LogP contribution in [-0.2, 0) is 29.0 Å². The predicted octanol–water partition coefficient (Wildman–Crippen LogP) is 2.38. The minimum Gasteiger partial charge on any atom is -0.497 e. The number of anilines is 1. The molecule has 1 aromatic carbocycles. The molecule has 0 spiro atoms. The number of ether oxygens (including phenoxy) is 1. The van der Waals surface area contributed by atoms with Crippen LogP contribution in [0.5, 0.6) is 5.75 Å². The molecule has 2 amide bonds. The third-order valence-electron chi connectivity index (χ3n) is 6.47. The highest BCUT2D eigenvalue weighted by Crippen LogP contribution is 2.30. The summed E-state index contributed by atoms with van der Waals surface area (Å²) in [6.45, 7) is 4.23. The first-order valence-corrected chi connectivity index (χ1v) is 11.2. The fourth-order valence-electron chi connectivity index (χ4n) is 4.56. The van der Waals surface area contributed by atoms with Crippen molar-refractivity contribution in [1.29, 1.82) is 0 Å². The van der Waals surface area contributed by atoms with Crippen molar-refractivity contribution in [2.24, 2.45) is 0 Å². The van der Waals surface area contributed by atoms with Gasteiger partial charge in [0.15, 0.2) is 0 Å². The average Bonchev–Trinajstić information content (AvgIpc) is 2.83. The number of hydrogen-bond acceptors (Lipinski definition) is 6. The number of carbonyl (C=O) groups excluding carboxylic acids is 2. The molecule has 3 heterocycles. The summed E-state index contributed by atoms with van der Waals surface area (Å²) in [5.74, 6) is 2.87. The average molecular weight is 438 g/mol. The van der Waals surface area contributed by atoms with Crippen LogP contribution in [0.25, 0.3) is 0 Å². The van der Waals surface area contributed by atoms with Crippen molar-refractivity contribution in [2.75, 3.05) is 39.1 Å². The van der Waals surface area contributed by atoms with Crippen LogP contribution in [0.3, 0.4) is 0 Å². The molecule has 2 aliphatic heterocycles. The lowest BCUT2D eigenvalue weighted by atomic mass is 9.94. The molecule has 32 heavy (non-hydrogen) atoms. The number of fused-ring (bicyclic) bond motifs is 1. The smallest absolute Gasteiger partial charge is 0.226 e. The minimum absolute atomic E-state index is 0.0738. The first-order chi connectivity index (χ1) is 15.5. The van der Waals surface area contributed by atoms with Gasteiger partial charge >= 0.3 is 0 Å². The number of benzene rings is 1. The molecule has 0 saturated carbocycles. The number of nitrogens with zero attached hydrogens (tertiary/aromatic N) is 4. The SMILES string of the molecule is CNc1nc(C2CCN(C(=O)Cc3cccc(OC)c3)CC2)nc2c1CCN(C(C)=O)C2. The Balaban J connectivity index is 1.42. The third kappa shape index (κ3) is 4.69. The fourth-order valence-corrected chi connectivity index (χ4v) is 4.56. The molecule has 1 fully saturated rings. The maximum Gasteiger partial charge on any atom is 0.226 e. The van der Waals surface area contributed by atoms with Crippen molar-refractivity contribution in [1.82, 2.24) is 19.8 Å². The summed E-state index contributed by atoms with van der Waals surface area (Å²) >= 11 is 0. The molecule has 170 valence electrons. The Morgan fingerprint density at radius 1 is 1.16 bits per heavy atom. The van der Waals surface area contributed by atoms with Gasteiger partial charge in [0.2, 0.25) is 11.8 Å². The predicted molar refractivity (Wildman–Crippen MR) is 122 cm³/mol. The zero-order valence-electron chi connectivity index (χ0n) is 19.1. The van der Waals surface area contributed by atoms with Crippen molar-refractivity contribution in [3.05, 3.63) is 46.9 Å². The van der Waals surface area contributed by atoms with Crippen LogP contribution in [0.1, 0.15) is 48.3 Å². The standard InChI is InChI=1S/C24H31N5O3/c1-16(30)29-12-9-20-21(15-29)26-23(27-24(20)25-2)18-7-10-28(11-8-18)22(31)14-17-5-4-6-19(13-17)32-3/h4-6,13,18H,7-12,14-15H2,1-3H3,(H,25,26,27). The van der Waals surface area contributed by atoms with Crippen LogP contribution in [0.2, 0.25) is 0 Å². The van der Waals surface area contributed by atoms with E-state index >= 15 is 0 Å². The van der Waals surface area contributed by atoms with Crippen LogP contribution in [0, 0.1) is 0 Å². The van der Waals surface area contributed by atoms with E-state index in [2.05, 4.69) is 5.32 Å². The molecule has 1 saturated heterocycles. The number of nitrogens with one attached hydrogen (secondary N) is 1. The Kier molecular flexibility index (Phi) is 6.58. The summed E-state index contributed by atoms with van der Waals surface area (Å²) in [4.78, 5) is 38.1. The molecular weight excluding hydrogens is 406 g/mol. The molecule has 8 nitrogen and oxygen atoms in total. The molecule has 0 radical (unpaired) electrons. The number of piperidine rings is 1. The highest BCUT2D eigenvalue weighted by Gasteiger charge is 2.29. The van der Waals surface area contributed by atoms with Crippen LogP contribution < -0.4 is 10.1 Å². The Hall–Kier alpha value is -3.16. The lowest BCUT2D eigenvalue weighted by molar-refractivity contribution is -0.131. The number of aromatic nitrogens is 2. The summed E-state index contributed by atoms with van der Waals surface area (Å²) in [6, 6.07) is 7.66. The highest BCUT2D eigenvalue weighted by atomic mass is 16.5. The van der Waals surface area contributed by atoms with Crippen LogP contribution in [0.4, 0.5) is 5.82 Å². The van der Waals surface area contributed by atoms with Gasteiger partial charge in [0, 0.05) is 45.1 Å². The lowest BCUT2D eigenvalue weighted by Gasteiger charge is -2.33. The molecule has 8 heteroatoms. The van der Waals surface area contributed by atoms with Gasteiger partial charge in [0.25, 0.3) is 0 Å². The van der Waals surface area contributed by atoms with Gasteiger partial charge in [-0.05, 0) is 37.0 Å². The Morgan fingerprint density at radius 3 is 2.62 bits per heavy atom. The first-order valence-electron chi connectivity index (χ1n) is 11.2. The molecule has 2 aromatic rings. The van der Waals surface area contributed by atoms with E-state index in [1.807, 2.05) is 41.1 Å². The molecular formula is C24H31N5O3. The second-order valence-corrected chi connectivity index (χ2v) is 8.48. The van der Waals surface area contributed by atoms with E-state index in [0.29, 0.717) is 32.6 Å². The van der Waals surface area contributed by atoms with Crippen molar-refractivity contribution in [3.63, 3.8) is 0 Å². The Morgan fingerprint density at radius 2 is 1.94 bits per heavy atom. The monoisotopic (exact) mass is 437 g/mol. The number of methoxy groups -OCH3 is 1. The summed E-state index contributed by atoms with van der Waals surface area (Å²) in [6.07, 6.45) is 2.81. The third-order valence-corrected chi connectivity index (χ3v) is 6.47. The highest BCUT2D eigenvalue weighted by molar-refractivity contribution is 5.79. The fraction of sp³-hybridized carbons (Fsp3) is 0.500. The quantitative estimate of drug-likeness (QED) is 0.773. The molecule has 1 aromatic heterocycles. The largest absolute Gasteiger partial charge is 0.497 e. The molecule has 0 atom stereocenters. The molecule has 0 bridgehead atoms. The Labute approximate surface area is 189 Å². The van der Waals surface area contributed by atoms with E-state index in [0.717, 1.165) is 53.5 Å². The van der Waals surface area contributed by atoms with Crippen molar-refractivity contribution >= 4 is 17.6 Å². The second-order valence-electron chi connectivity index (χ2n) is 8.48. The van der Waals surface area contributed by atoms with Crippen LogP contribution in [-0.4, -0.2) is 65.4 Å². The maximum absolute atomic E-state index is 12.8. The first kappa shape index (κ1) is 22.0. The van der Waals surface area contributed by atoms with Gasteiger partial charge in [0.05, 0.1) is 25.8 Å². The maximum atomic E-state index is 12.8. The van der Waals surface area contributed by atoms with Gasteiger partial charge in [-0.15, -0.1) is 0 Å². The molecule has 4 rings (SSSR count). The van der Waals surface area contributed by atoms with Crippen molar-refractivity contribution in [3.8, 4) is 5.75 Å². The van der Waals surface area contributed by atoms with Crippen LogP contribution >= 0.6 is 0 Å². The van der Waals surface area contributed by atoms with Crippen molar-refractivity contribution < 1.29 is 14.3 Å². The van der Waals surface area contributed by atoms with E-state index < -0.39 is 0 Å². The zero-order chi connectivity index (χ0) is 22.7. The van der Waals surface area contributed by atoms with Gasteiger partial charge in [-0.2, -0.15) is 0 Å². The number of rotatable bonds is 5. The summed E-state index contributed by atoms with van der Waals surface area (Å²) in [5, 5.41) is 3.21. The topological polar surface area (TPSA) is 87.7 Å². The summed E-state index contributed by atoms with van der Waals surface area (Å²) in [5.41, 5.74) is 3.01. The summed E-state index contributed by atoms with van der Waals surface area (Å²) < 4.78 is 5.26. The number of hydrogen-bond donors (Lipinski definition) is 1. The van der Waals surface area contributed by atoms with E-state index in [4.69, 9.17) is 14.7 Å². The van der Waals surface area contributed by atoms with E-state index in [-0.39, 0.29) is 17.7 Å². The minimum atomic E-state index is 0.0738. The van der Waals surface area contributed by atoms with Gasteiger partial charge in [-0.25, -0.2) is 9.97 Å². The number of carbonyl (C=O) groups is 2. The van der Waals surface area contributed by atoms with Crippen molar-refractivity contribution in [2.45, 2.75) is 45.1 Å². The van der Waals surface area contributed by atoms with E-state index in [1.54, 1.807) is 14.0 Å². The van der Waals surface area contributed by atoms with Gasteiger partial charge in [0.1, 0.15) is 17.4 Å². The molecule has 0 aliphatic carbocycles. The van der Waals surface area contributed by atoms with Gasteiger partial charge in [-0.1, -0.05) is 12.1 Å². The Bertz CT molecular complexity index is 1000. The van der Waals surface area contributed by atoms with Gasteiger partial charge in [-0.3, -0.25) is 9.59 Å². The molecule has 1 N–H and O–H groups in total. The molecule has 0 unspecified atom stereocenters. The number of amides is 2. The van der Waals surface area contributed by atoms with E-state index in [1.165, 1.54) is 0 Å². The lowest BCUT2D eigenvalue weighted by Crippen LogP contribution is -2.39. The number of likely N-dealkylation sites (tertiary alicyclic amines) is 1. The van der Waals surface area contributed by atoms with Gasteiger partial charge < -0.3 is 19.9 Å². The second kappa shape index (κ2) is 9.54. The summed E-state index contributed by atoms with van der Waals surface area (Å²) in [7, 11) is 3.51. The van der Waals surface area contributed by atoms with E-state index in [9.17, 15) is 9.59 Å².